The summed E-state index contributed by atoms with van der Waals surface area (Å²) < 4.78 is 5.33. The molecular formula is C13H13Cl2NO. The van der Waals surface area contributed by atoms with Crippen LogP contribution in [0.25, 0.3) is 0 Å². The van der Waals surface area contributed by atoms with Crippen molar-refractivity contribution in [2.24, 2.45) is 5.73 Å². The first-order chi connectivity index (χ1) is 8.22. The molecule has 0 spiro atoms. The quantitative estimate of drug-likeness (QED) is 0.915. The highest BCUT2D eigenvalue weighted by atomic mass is 35.5. The Hall–Kier alpha value is -0.960. The molecule has 1 aromatic heterocycles. The Morgan fingerprint density at radius 2 is 1.82 bits per heavy atom. The first kappa shape index (κ1) is 12.5. The molecule has 0 amide bonds. The normalized spacial score (nSPS) is 12.6. The lowest BCUT2D eigenvalue weighted by Crippen LogP contribution is -2.15. The summed E-state index contributed by atoms with van der Waals surface area (Å²) in [6.45, 7) is 0.476. The highest BCUT2D eigenvalue weighted by molar-refractivity contribution is 6.36. The van der Waals surface area contributed by atoms with E-state index in [0.717, 1.165) is 11.3 Å². The van der Waals surface area contributed by atoms with Gasteiger partial charge in [-0.05, 0) is 36.4 Å². The molecule has 90 valence electrons. The number of hydrogen-bond acceptors (Lipinski definition) is 2. The van der Waals surface area contributed by atoms with E-state index < -0.39 is 0 Å². The molecule has 1 aromatic carbocycles. The number of benzene rings is 1. The molecular weight excluding hydrogens is 257 g/mol. The molecule has 0 aliphatic rings. The van der Waals surface area contributed by atoms with E-state index in [0.29, 0.717) is 23.0 Å². The minimum atomic E-state index is 0.0716. The van der Waals surface area contributed by atoms with Gasteiger partial charge in [0.1, 0.15) is 5.76 Å². The zero-order chi connectivity index (χ0) is 12.3. The third kappa shape index (κ3) is 2.83. The molecule has 2 aromatic rings. The van der Waals surface area contributed by atoms with E-state index in [1.807, 2.05) is 30.3 Å². The van der Waals surface area contributed by atoms with E-state index in [4.69, 9.17) is 33.4 Å². The van der Waals surface area contributed by atoms with Crippen LogP contribution in [0.2, 0.25) is 10.0 Å². The summed E-state index contributed by atoms with van der Waals surface area (Å²) >= 11 is 12.3. The van der Waals surface area contributed by atoms with E-state index in [2.05, 4.69) is 0 Å². The van der Waals surface area contributed by atoms with E-state index in [9.17, 15) is 0 Å². The molecule has 4 heteroatoms. The standard InChI is InChI=1S/C13H13Cl2NO/c14-11-4-1-5-12(15)13(11)9(8-16)7-10-3-2-6-17-10/h1-6,9H,7-8,16H2. The maximum atomic E-state index is 6.17. The van der Waals surface area contributed by atoms with E-state index in [-0.39, 0.29) is 5.92 Å². The molecule has 2 rings (SSSR count). The molecule has 1 atom stereocenters. The Bertz CT molecular complexity index is 462. The van der Waals surface area contributed by atoms with Crippen LogP contribution < -0.4 is 5.73 Å². The largest absolute Gasteiger partial charge is 0.469 e. The molecule has 2 nitrogen and oxygen atoms in total. The van der Waals surface area contributed by atoms with Crippen molar-refractivity contribution < 1.29 is 4.42 Å². The maximum Gasteiger partial charge on any atom is 0.104 e. The third-order valence-corrected chi connectivity index (χ3v) is 3.38. The van der Waals surface area contributed by atoms with Crippen LogP contribution >= 0.6 is 23.2 Å². The minimum absolute atomic E-state index is 0.0716. The Labute approximate surface area is 110 Å². The van der Waals surface area contributed by atoms with Crippen molar-refractivity contribution in [3.63, 3.8) is 0 Å². The fraction of sp³-hybridized carbons (Fsp3) is 0.231. The molecule has 0 aliphatic carbocycles. The van der Waals surface area contributed by atoms with Gasteiger partial charge in [-0.15, -0.1) is 0 Å². The predicted molar refractivity (Wildman–Crippen MR) is 70.7 cm³/mol. The van der Waals surface area contributed by atoms with Crippen molar-refractivity contribution in [1.29, 1.82) is 0 Å². The predicted octanol–water partition coefficient (Wildman–Crippen LogP) is 3.87. The summed E-state index contributed by atoms with van der Waals surface area (Å²) in [5.41, 5.74) is 6.70. The lowest BCUT2D eigenvalue weighted by molar-refractivity contribution is 0.487. The zero-order valence-corrected chi connectivity index (χ0v) is 10.7. The average molecular weight is 270 g/mol. The van der Waals surface area contributed by atoms with Gasteiger partial charge in [0.15, 0.2) is 0 Å². The SMILES string of the molecule is NCC(Cc1ccco1)c1c(Cl)cccc1Cl. The van der Waals surface area contributed by atoms with Gasteiger partial charge in [-0.3, -0.25) is 0 Å². The monoisotopic (exact) mass is 269 g/mol. The van der Waals surface area contributed by atoms with Gasteiger partial charge in [-0.25, -0.2) is 0 Å². The summed E-state index contributed by atoms with van der Waals surface area (Å²) in [5.74, 6) is 0.957. The van der Waals surface area contributed by atoms with Gasteiger partial charge in [0.25, 0.3) is 0 Å². The second kappa shape index (κ2) is 5.58. The lowest BCUT2D eigenvalue weighted by atomic mass is 9.94. The third-order valence-electron chi connectivity index (χ3n) is 2.72. The van der Waals surface area contributed by atoms with Crippen LogP contribution in [0.5, 0.6) is 0 Å². The van der Waals surface area contributed by atoms with Crippen molar-refractivity contribution in [2.45, 2.75) is 12.3 Å². The van der Waals surface area contributed by atoms with Crippen LogP contribution in [0.4, 0.5) is 0 Å². The van der Waals surface area contributed by atoms with Crippen LogP contribution in [0.15, 0.2) is 41.0 Å². The molecule has 0 saturated heterocycles. The van der Waals surface area contributed by atoms with Gasteiger partial charge in [-0.1, -0.05) is 29.3 Å². The van der Waals surface area contributed by atoms with Crippen LogP contribution in [0.1, 0.15) is 17.2 Å². The van der Waals surface area contributed by atoms with Crippen molar-refractivity contribution in [1.82, 2.24) is 0 Å². The second-order valence-corrected chi connectivity index (χ2v) is 4.67. The van der Waals surface area contributed by atoms with Crippen molar-refractivity contribution >= 4 is 23.2 Å². The molecule has 0 aliphatic heterocycles. The first-order valence-corrected chi connectivity index (χ1v) is 6.14. The highest BCUT2D eigenvalue weighted by Crippen LogP contribution is 2.33. The fourth-order valence-electron chi connectivity index (χ4n) is 1.88. The van der Waals surface area contributed by atoms with E-state index in [1.54, 1.807) is 6.26 Å². The molecule has 0 saturated carbocycles. The molecule has 0 fully saturated rings. The summed E-state index contributed by atoms with van der Waals surface area (Å²) in [4.78, 5) is 0. The number of halogens is 2. The van der Waals surface area contributed by atoms with Crippen LogP contribution in [0.3, 0.4) is 0 Å². The van der Waals surface area contributed by atoms with Crippen molar-refractivity contribution in [3.05, 3.63) is 58.0 Å². The Morgan fingerprint density at radius 1 is 1.12 bits per heavy atom. The second-order valence-electron chi connectivity index (χ2n) is 3.85. The molecule has 0 radical (unpaired) electrons. The van der Waals surface area contributed by atoms with Gasteiger partial charge >= 0.3 is 0 Å². The average Bonchev–Trinajstić information content (AvgIpc) is 2.80. The van der Waals surface area contributed by atoms with Gasteiger partial charge < -0.3 is 10.2 Å². The Morgan fingerprint density at radius 3 is 2.35 bits per heavy atom. The molecule has 17 heavy (non-hydrogen) atoms. The lowest BCUT2D eigenvalue weighted by Gasteiger charge is -2.17. The highest BCUT2D eigenvalue weighted by Gasteiger charge is 2.18. The van der Waals surface area contributed by atoms with Gasteiger partial charge in [0, 0.05) is 22.4 Å². The number of nitrogens with two attached hydrogens (primary N) is 1. The van der Waals surface area contributed by atoms with Crippen molar-refractivity contribution in [3.8, 4) is 0 Å². The molecule has 2 N–H and O–H groups in total. The van der Waals surface area contributed by atoms with Gasteiger partial charge in [-0.2, -0.15) is 0 Å². The number of rotatable bonds is 4. The maximum absolute atomic E-state index is 6.17. The summed E-state index contributed by atoms with van der Waals surface area (Å²) in [5, 5.41) is 1.30. The summed E-state index contributed by atoms with van der Waals surface area (Å²) in [6, 6.07) is 9.26. The summed E-state index contributed by atoms with van der Waals surface area (Å²) in [7, 11) is 0. The molecule has 1 heterocycles. The fourth-order valence-corrected chi connectivity index (χ4v) is 2.58. The molecule has 1 unspecified atom stereocenters. The van der Waals surface area contributed by atoms with E-state index in [1.165, 1.54) is 0 Å². The van der Waals surface area contributed by atoms with E-state index >= 15 is 0 Å². The van der Waals surface area contributed by atoms with Crippen LogP contribution in [-0.4, -0.2) is 6.54 Å². The summed E-state index contributed by atoms with van der Waals surface area (Å²) in [6.07, 6.45) is 2.35. The van der Waals surface area contributed by atoms with Gasteiger partial charge in [0.2, 0.25) is 0 Å². The smallest absolute Gasteiger partial charge is 0.104 e. The van der Waals surface area contributed by atoms with Crippen LogP contribution in [0, 0.1) is 0 Å². The zero-order valence-electron chi connectivity index (χ0n) is 9.20. The van der Waals surface area contributed by atoms with Crippen molar-refractivity contribution in [2.75, 3.05) is 6.54 Å². The van der Waals surface area contributed by atoms with Gasteiger partial charge in [0.05, 0.1) is 6.26 Å². The minimum Gasteiger partial charge on any atom is -0.469 e. The Kier molecular flexibility index (Phi) is 4.11. The first-order valence-electron chi connectivity index (χ1n) is 5.38. The number of furan rings is 1. The topological polar surface area (TPSA) is 39.2 Å². The molecule has 0 bridgehead atoms. The van der Waals surface area contributed by atoms with Crippen LogP contribution in [-0.2, 0) is 6.42 Å². The number of hydrogen-bond donors (Lipinski definition) is 1. The Balaban J connectivity index is 2.29.